The smallest absolute Gasteiger partial charge is 0.338 e. The molecule has 3 heterocycles. The number of hydrogen-bond donors (Lipinski definition) is 2. The number of hydrogen-bond acceptors (Lipinski definition) is 6. The standard InChI is InChI=1S/C20H18N4O4/c1-27-16-10-12(20(25)28-2)8-14-18(16)24(26)19(22-14)15-9-11-4-3-5-13-17(11)23(15)7-6-21-13/h3-5,8-10,21,26H,6-7H2,1-2H3. The molecule has 1 aliphatic heterocycles. The molecule has 2 aromatic carbocycles. The molecule has 8 nitrogen and oxygen atoms in total. The van der Waals surface area contributed by atoms with Gasteiger partial charge in [-0.3, -0.25) is 0 Å². The van der Waals surface area contributed by atoms with E-state index in [4.69, 9.17) is 9.47 Å². The van der Waals surface area contributed by atoms with Gasteiger partial charge in [0.1, 0.15) is 11.3 Å². The summed E-state index contributed by atoms with van der Waals surface area (Å²) in [5.41, 5.74) is 4.09. The van der Waals surface area contributed by atoms with Gasteiger partial charge in [0.15, 0.2) is 5.82 Å². The van der Waals surface area contributed by atoms with E-state index in [9.17, 15) is 10.0 Å². The van der Waals surface area contributed by atoms with Crippen LogP contribution in [-0.4, -0.2) is 46.2 Å². The second kappa shape index (κ2) is 5.91. The topological polar surface area (TPSA) is 90.5 Å². The Morgan fingerprint density at radius 1 is 1.21 bits per heavy atom. The third-order valence-electron chi connectivity index (χ3n) is 5.13. The Morgan fingerprint density at radius 2 is 2.07 bits per heavy atom. The van der Waals surface area contributed by atoms with E-state index < -0.39 is 5.97 Å². The number of nitrogens with one attached hydrogen (secondary N) is 1. The first-order chi connectivity index (χ1) is 13.6. The highest BCUT2D eigenvalue weighted by atomic mass is 16.5. The number of esters is 1. The molecule has 142 valence electrons. The first-order valence-corrected chi connectivity index (χ1v) is 8.87. The summed E-state index contributed by atoms with van der Waals surface area (Å²) in [6.45, 7) is 1.54. The minimum absolute atomic E-state index is 0.310. The highest BCUT2D eigenvalue weighted by Crippen LogP contribution is 2.37. The van der Waals surface area contributed by atoms with Gasteiger partial charge in [-0.15, -0.1) is 0 Å². The van der Waals surface area contributed by atoms with Crippen molar-refractivity contribution in [3.63, 3.8) is 0 Å². The van der Waals surface area contributed by atoms with Crippen molar-refractivity contribution in [1.82, 2.24) is 14.3 Å². The zero-order valence-electron chi connectivity index (χ0n) is 15.4. The van der Waals surface area contributed by atoms with Crippen molar-refractivity contribution in [3.8, 4) is 17.3 Å². The molecule has 0 unspecified atom stereocenters. The highest BCUT2D eigenvalue weighted by molar-refractivity contribution is 5.99. The first kappa shape index (κ1) is 16.5. The quantitative estimate of drug-likeness (QED) is 0.421. The molecule has 28 heavy (non-hydrogen) atoms. The number of anilines is 1. The molecule has 4 aromatic rings. The number of benzene rings is 2. The predicted octanol–water partition coefficient (Wildman–Crippen LogP) is 3.12. The molecule has 5 rings (SSSR count). The van der Waals surface area contributed by atoms with Gasteiger partial charge in [0.05, 0.1) is 42.2 Å². The van der Waals surface area contributed by atoms with Crippen molar-refractivity contribution in [3.05, 3.63) is 42.0 Å². The molecule has 0 atom stereocenters. The summed E-state index contributed by atoms with van der Waals surface area (Å²) in [5, 5.41) is 15.4. The molecule has 0 saturated carbocycles. The van der Waals surface area contributed by atoms with Gasteiger partial charge in [0.25, 0.3) is 0 Å². The Bertz CT molecular complexity index is 1250. The minimum Gasteiger partial charge on any atom is -0.494 e. The second-order valence-electron chi connectivity index (χ2n) is 6.64. The molecule has 0 saturated heterocycles. The number of fused-ring (bicyclic) bond motifs is 1. The molecule has 2 N–H and O–H groups in total. The Kier molecular flexibility index (Phi) is 3.48. The zero-order valence-corrected chi connectivity index (χ0v) is 15.4. The monoisotopic (exact) mass is 378 g/mol. The SMILES string of the molecule is COC(=O)c1cc(OC)c2c(c1)nc(-c1cc3cccc4c3n1CCN4)n2O. The molecule has 0 amide bonds. The van der Waals surface area contributed by atoms with Crippen molar-refractivity contribution < 1.29 is 19.5 Å². The Labute approximate surface area is 159 Å². The zero-order chi connectivity index (χ0) is 19.4. The fraction of sp³-hybridized carbons (Fsp3) is 0.200. The van der Waals surface area contributed by atoms with E-state index >= 15 is 0 Å². The number of ether oxygens (including phenoxy) is 2. The molecular formula is C20H18N4O4. The Hall–Kier alpha value is -3.68. The average molecular weight is 378 g/mol. The van der Waals surface area contributed by atoms with Crippen molar-refractivity contribution in [2.75, 3.05) is 26.1 Å². The summed E-state index contributed by atoms with van der Waals surface area (Å²) in [6.07, 6.45) is 0. The highest BCUT2D eigenvalue weighted by Gasteiger charge is 2.24. The van der Waals surface area contributed by atoms with Crippen LogP contribution in [0.4, 0.5) is 5.69 Å². The van der Waals surface area contributed by atoms with Crippen LogP contribution in [-0.2, 0) is 11.3 Å². The number of carbonyl (C=O) groups excluding carboxylic acids is 1. The van der Waals surface area contributed by atoms with Gasteiger partial charge >= 0.3 is 5.97 Å². The van der Waals surface area contributed by atoms with Crippen LogP contribution in [0, 0.1) is 0 Å². The maximum atomic E-state index is 12.0. The average Bonchev–Trinajstić information content (AvgIpc) is 3.26. The van der Waals surface area contributed by atoms with Gasteiger partial charge in [0, 0.05) is 18.5 Å². The number of aromatic nitrogens is 3. The Morgan fingerprint density at radius 3 is 2.86 bits per heavy atom. The fourth-order valence-corrected chi connectivity index (χ4v) is 3.90. The lowest BCUT2D eigenvalue weighted by Crippen LogP contribution is -2.17. The van der Waals surface area contributed by atoms with Crippen molar-refractivity contribution in [1.29, 1.82) is 0 Å². The lowest BCUT2D eigenvalue weighted by atomic mass is 10.2. The number of rotatable bonds is 3. The van der Waals surface area contributed by atoms with Crippen LogP contribution >= 0.6 is 0 Å². The largest absolute Gasteiger partial charge is 0.494 e. The minimum atomic E-state index is -0.492. The number of methoxy groups -OCH3 is 2. The van der Waals surface area contributed by atoms with Gasteiger partial charge in [0.2, 0.25) is 0 Å². The number of imidazole rings is 1. The molecule has 0 spiro atoms. The van der Waals surface area contributed by atoms with Crippen LogP contribution in [0.5, 0.6) is 5.75 Å². The maximum Gasteiger partial charge on any atom is 0.338 e. The van der Waals surface area contributed by atoms with E-state index in [1.807, 2.05) is 24.3 Å². The number of carbonyl (C=O) groups is 1. The summed E-state index contributed by atoms with van der Waals surface area (Å²) < 4.78 is 13.4. The molecule has 2 aromatic heterocycles. The summed E-state index contributed by atoms with van der Waals surface area (Å²) in [6, 6.07) is 11.2. The van der Waals surface area contributed by atoms with E-state index in [0.29, 0.717) is 28.2 Å². The van der Waals surface area contributed by atoms with Crippen LogP contribution in [0.2, 0.25) is 0 Å². The van der Waals surface area contributed by atoms with Gasteiger partial charge < -0.3 is 24.6 Å². The van der Waals surface area contributed by atoms with Gasteiger partial charge in [-0.25, -0.2) is 9.78 Å². The third-order valence-corrected chi connectivity index (χ3v) is 5.13. The number of nitrogens with zero attached hydrogens (tertiary/aromatic N) is 3. The van der Waals surface area contributed by atoms with E-state index in [0.717, 1.165) is 40.1 Å². The van der Waals surface area contributed by atoms with Crippen LogP contribution in [0.15, 0.2) is 36.4 Å². The normalized spacial score (nSPS) is 12.9. The summed E-state index contributed by atoms with van der Waals surface area (Å²) in [4.78, 5) is 16.6. The van der Waals surface area contributed by atoms with Gasteiger partial charge in [-0.2, -0.15) is 4.73 Å². The Balaban J connectivity index is 1.79. The maximum absolute atomic E-state index is 12.0. The fourth-order valence-electron chi connectivity index (χ4n) is 3.90. The molecule has 0 radical (unpaired) electrons. The first-order valence-electron chi connectivity index (χ1n) is 8.87. The lowest BCUT2D eigenvalue weighted by molar-refractivity contribution is 0.0600. The van der Waals surface area contributed by atoms with E-state index in [1.165, 1.54) is 20.3 Å². The van der Waals surface area contributed by atoms with Crippen molar-refractivity contribution in [2.24, 2.45) is 0 Å². The second-order valence-corrected chi connectivity index (χ2v) is 6.64. The lowest BCUT2D eigenvalue weighted by Gasteiger charge is -2.19. The van der Waals surface area contributed by atoms with Gasteiger partial charge in [-0.1, -0.05) is 12.1 Å². The number of para-hydroxylation sites is 1. The summed E-state index contributed by atoms with van der Waals surface area (Å²) >= 11 is 0. The predicted molar refractivity (Wildman–Crippen MR) is 104 cm³/mol. The van der Waals surface area contributed by atoms with Crippen molar-refractivity contribution in [2.45, 2.75) is 6.54 Å². The van der Waals surface area contributed by atoms with Crippen molar-refractivity contribution >= 4 is 33.6 Å². The molecular weight excluding hydrogens is 360 g/mol. The molecule has 0 aliphatic carbocycles. The van der Waals surface area contributed by atoms with Crippen LogP contribution in [0.1, 0.15) is 10.4 Å². The van der Waals surface area contributed by atoms with E-state index in [-0.39, 0.29) is 0 Å². The summed E-state index contributed by atoms with van der Waals surface area (Å²) in [7, 11) is 2.80. The molecule has 8 heteroatoms. The van der Waals surface area contributed by atoms with Crippen LogP contribution in [0.25, 0.3) is 33.5 Å². The molecule has 0 bridgehead atoms. The van der Waals surface area contributed by atoms with Crippen LogP contribution in [0.3, 0.4) is 0 Å². The van der Waals surface area contributed by atoms with Gasteiger partial charge in [-0.05, 0) is 24.3 Å². The molecule has 0 fully saturated rings. The summed E-state index contributed by atoms with van der Waals surface area (Å²) in [5.74, 6) is 0.240. The van der Waals surface area contributed by atoms with E-state index in [2.05, 4.69) is 14.9 Å². The van der Waals surface area contributed by atoms with Crippen LogP contribution < -0.4 is 10.1 Å². The van der Waals surface area contributed by atoms with E-state index in [1.54, 1.807) is 6.07 Å². The molecule has 1 aliphatic rings. The third kappa shape index (κ3) is 2.17.